The van der Waals surface area contributed by atoms with Gasteiger partial charge in [0.1, 0.15) is 5.39 Å². The molecule has 186 valence electrons. The van der Waals surface area contributed by atoms with E-state index in [1.54, 1.807) is 4.90 Å². The lowest BCUT2D eigenvalue weighted by Gasteiger charge is -2.36. The number of H-pyrrole nitrogens is 1. The number of anilines is 1. The number of thioether (sulfide) groups is 1. The summed E-state index contributed by atoms with van der Waals surface area (Å²) >= 11 is 1.00. The predicted molar refractivity (Wildman–Crippen MR) is 130 cm³/mol. The first-order valence-corrected chi connectivity index (χ1v) is 12.1. The van der Waals surface area contributed by atoms with Crippen molar-refractivity contribution in [2.45, 2.75) is 11.3 Å². The van der Waals surface area contributed by atoms with Crippen molar-refractivity contribution in [1.29, 1.82) is 0 Å². The van der Waals surface area contributed by atoms with Crippen molar-refractivity contribution in [3.63, 3.8) is 0 Å². The minimum Gasteiger partial charge on any atom is -0.368 e. The fourth-order valence-corrected chi connectivity index (χ4v) is 5.00. The molecule has 0 atom stereocenters. The summed E-state index contributed by atoms with van der Waals surface area (Å²) in [4.78, 5) is 34.4. The highest BCUT2D eigenvalue weighted by molar-refractivity contribution is 7.99. The van der Waals surface area contributed by atoms with Crippen LogP contribution < -0.4 is 10.5 Å². The minimum absolute atomic E-state index is 0.0110. The second-order valence-electron chi connectivity index (χ2n) is 8.21. The van der Waals surface area contributed by atoms with Crippen molar-refractivity contribution >= 4 is 34.4 Å². The highest BCUT2D eigenvalue weighted by atomic mass is 32.2. The highest BCUT2D eigenvalue weighted by Crippen LogP contribution is 2.31. The first-order chi connectivity index (χ1) is 17.3. The largest absolute Gasteiger partial charge is 0.416 e. The van der Waals surface area contributed by atoms with Gasteiger partial charge in [0.05, 0.1) is 23.2 Å². The number of nitrogens with one attached hydrogen (secondary N) is 1. The Hall–Kier alpha value is -3.80. The Morgan fingerprint density at radius 2 is 1.72 bits per heavy atom. The fourth-order valence-electron chi connectivity index (χ4n) is 4.09. The van der Waals surface area contributed by atoms with Crippen LogP contribution >= 0.6 is 11.8 Å². The summed E-state index contributed by atoms with van der Waals surface area (Å²) in [5, 5.41) is 6.69. The van der Waals surface area contributed by atoms with Crippen LogP contribution in [-0.4, -0.2) is 62.5 Å². The van der Waals surface area contributed by atoms with Gasteiger partial charge in [-0.25, -0.2) is 4.98 Å². The van der Waals surface area contributed by atoms with Crippen molar-refractivity contribution in [2.75, 3.05) is 36.8 Å². The van der Waals surface area contributed by atoms with E-state index < -0.39 is 17.3 Å². The number of para-hydroxylation sites is 1. The maximum Gasteiger partial charge on any atom is 0.416 e. The van der Waals surface area contributed by atoms with Crippen LogP contribution in [0.5, 0.6) is 0 Å². The molecule has 12 heteroatoms. The summed E-state index contributed by atoms with van der Waals surface area (Å²) < 4.78 is 41.0. The van der Waals surface area contributed by atoms with Crippen molar-refractivity contribution < 1.29 is 18.0 Å². The van der Waals surface area contributed by atoms with Crippen molar-refractivity contribution in [2.24, 2.45) is 0 Å². The summed E-state index contributed by atoms with van der Waals surface area (Å²) in [6, 6.07) is 14.4. The van der Waals surface area contributed by atoms with E-state index in [-0.39, 0.29) is 33.5 Å². The number of carbonyl (C=O) groups is 1. The van der Waals surface area contributed by atoms with E-state index in [1.165, 1.54) is 18.3 Å². The zero-order chi connectivity index (χ0) is 25.3. The average molecular weight is 515 g/mol. The van der Waals surface area contributed by atoms with Gasteiger partial charge >= 0.3 is 6.18 Å². The van der Waals surface area contributed by atoms with E-state index in [0.29, 0.717) is 26.2 Å². The normalized spacial score (nSPS) is 14.4. The number of piperazine rings is 1. The Labute approximate surface area is 207 Å². The summed E-state index contributed by atoms with van der Waals surface area (Å²) in [7, 11) is 0. The molecule has 4 aromatic rings. The Morgan fingerprint density at radius 1 is 1.00 bits per heavy atom. The lowest BCUT2D eigenvalue weighted by Crippen LogP contribution is -2.49. The lowest BCUT2D eigenvalue weighted by molar-refractivity contribution is -0.137. The molecule has 1 N–H and O–H groups in total. The molecule has 2 aromatic carbocycles. The van der Waals surface area contributed by atoms with E-state index in [0.717, 1.165) is 34.1 Å². The van der Waals surface area contributed by atoms with E-state index in [4.69, 9.17) is 0 Å². The molecular weight excluding hydrogens is 493 g/mol. The molecule has 5 rings (SSSR count). The Balaban J connectivity index is 1.36. The third kappa shape index (κ3) is 4.81. The van der Waals surface area contributed by atoms with Gasteiger partial charge in [-0.3, -0.25) is 19.3 Å². The first-order valence-electron chi connectivity index (χ1n) is 11.2. The lowest BCUT2D eigenvalue weighted by atomic mass is 10.2. The molecule has 0 bridgehead atoms. The third-order valence-electron chi connectivity index (χ3n) is 5.96. The second-order valence-corrected chi connectivity index (χ2v) is 9.15. The number of hydrogen-bond donors (Lipinski definition) is 1. The number of hydrogen-bond acceptors (Lipinski definition) is 6. The summed E-state index contributed by atoms with van der Waals surface area (Å²) in [5.41, 5.74) is -0.144. The number of carbonyl (C=O) groups excluding carboxylic acids is 1. The molecule has 1 amide bonds. The van der Waals surface area contributed by atoms with E-state index >= 15 is 0 Å². The average Bonchev–Trinajstić information content (AvgIpc) is 3.37. The zero-order valence-electron chi connectivity index (χ0n) is 18.9. The Morgan fingerprint density at radius 3 is 2.44 bits per heavy atom. The molecule has 3 heterocycles. The standard InChI is InChI=1S/C24H21F3N6O2S/c25-24(26,27)16-5-4-8-18(13-16)33-22(35)19-14-28-30-21(19)29-23(33)36-15-20(34)32-11-9-31(10-12-32)17-6-2-1-3-7-17/h1-8,13-14H,9-12,15H2,(H,28,30). The Kier molecular flexibility index (Phi) is 6.44. The van der Waals surface area contributed by atoms with Gasteiger partial charge in [-0.15, -0.1) is 0 Å². The topological polar surface area (TPSA) is 87.1 Å². The number of nitrogens with zero attached hydrogens (tertiary/aromatic N) is 5. The van der Waals surface area contributed by atoms with Crippen molar-refractivity contribution in [1.82, 2.24) is 24.6 Å². The van der Waals surface area contributed by atoms with Gasteiger partial charge in [-0.2, -0.15) is 18.3 Å². The fraction of sp³-hybridized carbons (Fsp3) is 0.250. The van der Waals surface area contributed by atoms with Crippen LogP contribution in [-0.2, 0) is 11.0 Å². The van der Waals surface area contributed by atoms with Crippen LogP contribution in [0.3, 0.4) is 0 Å². The quantitative estimate of drug-likeness (QED) is 0.324. The van der Waals surface area contributed by atoms with Crippen LogP contribution in [0.2, 0.25) is 0 Å². The van der Waals surface area contributed by atoms with Gasteiger partial charge in [0.2, 0.25) is 5.91 Å². The van der Waals surface area contributed by atoms with E-state index in [9.17, 15) is 22.8 Å². The van der Waals surface area contributed by atoms with Gasteiger partial charge in [0.25, 0.3) is 5.56 Å². The number of aromatic amines is 1. The summed E-state index contributed by atoms with van der Waals surface area (Å²) in [6.45, 7) is 2.46. The van der Waals surface area contributed by atoms with Gasteiger partial charge in [0, 0.05) is 31.9 Å². The number of aromatic nitrogens is 4. The number of amides is 1. The monoisotopic (exact) mass is 514 g/mol. The molecule has 8 nitrogen and oxygen atoms in total. The molecule has 1 saturated heterocycles. The zero-order valence-corrected chi connectivity index (χ0v) is 19.7. The molecule has 0 radical (unpaired) electrons. The molecule has 1 aliphatic rings. The third-order valence-corrected chi connectivity index (χ3v) is 6.88. The molecule has 0 spiro atoms. The number of benzene rings is 2. The molecule has 0 unspecified atom stereocenters. The molecule has 0 aliphatic carbocycles. The van der Waals surface area contributed by atoms with Crippen molar-refractivity contribution in [3.05, 3.63) is 76.7 Å². The smallest absolute Gasteiger partial charge is 0.368 e. The van der Waals surface area contributed by atoms with Crippen LogP contribution in [0.1, 0.15) is 5.56 Å². The number of rotatable bonds is 5. The molecule has 0 saturated carbocycles. The number of fused-ring (bicyclic) bond motifs is 1. The van der Waals surface area contributed by atoms with Crippen molar-refractivity contribution in [3.8, 4) is 5.69 Å². The van der Waals surface area contributed by atoms with Gasteiger partial charge < -0.3 is 9.80 Å². The maximum absolute atomic E-state index is 13.3. The number of alkyl halides is 3. The molecule has 1 fully saturated rings. The summed E-state index contributed by atoms with van der Waals surface area (Å²) in [5.74, 6) is -0.154. The van der Waals surface area contributed by atoms with Gasteiger partial charge in [-0.1, -0.05) is 36.0 Å². The summed E-state index contributed by atoms with van der Waals surface area (Å²) in [6.07, 6.45) is -3.29. The highest BCUT2D eigenvalue weighted by Gasteiger charge is 2.31. The van der Waals surface area contributed by atoms with Gasteiger partial charge in [0.15, 0.2) is 10.8 Å². The molecule has 2 aromatic heterocycles. The van der Waals surface area contributed by atoms with Gasteiger partial charge in [-0.05, 0) is 30.3 Å². The second kappa shape index (κ2) is 9.69. The van der Waals surface area contributed by atoms with E-state index in [2.05, 4.69) is 20.1 Å². The van der Waals surface area contributed by atoms with Crippen LogP contribution in [0.4, 0.5) is 18.9 Å². The first kappa shape index (κ1) is 23.9. The van der Waals surface area contributed by atoms with E-state index in [1.807, 2.05) is 30.3 Å². The van der Waals surface area contributed by atoms with Crippen LogP contribution in [0, 0.1) is 0 Å². The number of halogens is 3. The van der Waals surface area contributed by atoms with Crippen LogP contribution in [0.15, 0.2) is 70.7 Å². The Bertz CT molecular complexity index is 1450. The SMILES string of the molecule is O=C(CSc1nc2[nH]ncc2c(=O)n1-c1cccc(C(F)(F)F)c1)N1CCN(c2ccccc2)CC1. The predicted octanol–water partition coefficient (Wildman–Crippen LogP) is 3.57. The molecular formula is C24H21F3N6O2S. The molecule has 36 heavy (non-hydrogen) atoms. The minimum atomic E-state index is -4.57. The maximum atomic E-state index is 13.3. The van der Waals surface area contributed by atoms with Crippen LogP contribution in [0.25, 0.3) is 16.7 Å². The molecule has 1 aliphatic heterocycles.